The highest BCUT2D eigenvalue weighted by Gasteiger charge is 2.15. The second-order valence-corrected chi connectivity index (χ2v) is 6.28. The molecule has 0 atom stereocenters. The first-order valence-electron chi connectivity index (χ1n) is 6.60. The van der Waals surface area contributed by atoms with Crippen LogP contribution in [0, 0.1) is 0 Å². The van der Waals surface area contributed by atoms with Gasteiger partial charge in [-0.2, -0.15) is 12.7 Å². The standard InChI is InChI=1S/C13H19N3O5S/c1-3-16(2)22(20,21)15-11-6-4-10(5-7-11)13(19)14-9-8-12(17)18/h4-7,15H,3,8-9H2,1-2H3,(H,14,19)(H,17,18). The number of nitrogens with one attached hydrogen (secondary N) is 2. The topological polar surface area (TPSA) is 116 Å². The quantitative estimate of drug-likeness (QED) is 0.642. The minimum atomic E-state index is -3.60. The number of carbonyl (C=O) groups excluding carboxylic acids is 1. The second-order valence-electron chi connectivity index (χ2n) is 4.50. The third-order valence-electron chi connectivity index (χ3n) is 2.87. The fourth-order valence-electron chi connectivity index (χ4n) is 1.47. The number of carboxylic acid groups (broad SMARTS) is 1. The van der Waals surface area contributed by atoms with Gasteiger partial charge in [0.15, 0.2) is 0 Å². The van der Waals surface area contributed by atoms with Gasteiger partial charge in [-0.1, -0.05) is 6.92 Å². The minimum Gasteiger partial charge on any atom is -0.481 e. The summed E-state index contributed by atoms with van der Waals surface area (Å²) in [6, 6.07) is 5.85. The third-order valence-corrected chi connectivity index (χ3v) is 4.45. The molecule has 0 aromatic heterocycles. The molecule has 122 valence electrons. The van der Waals surface area contributed by atoms with E-state index in [0.717, 1.165) is 4.31 Å². The normalized spacial score (nSPS) is 11.2. The van der Waals surface area contributed by atoms with Crippen molar-refractivity contribution in [3.8, 4) is 0 Å². The monoisotopic (exact) mass is 329 g/mol. The molecular weight excluding hydrogens is 310 g/mol. The summed E-state index contributed by atoms with van der Waals surface area (Å²) in [4.78, 5) is 22.1. The van der Waals surface area contributed by atoms with E-state index in [4.69, 9.17) is 5.11 Å². The molecule has 0 bridgehead atoms. The van der Waals surface area contributed by atoms with Crippen molar-refractivity contribution in [1.29, 1.82) is 0 Å². The minimum absolute atomic E-state index is 0.0316. The van der Waals surface area contributed by atoms with Crippen molar-refractivity contribution in [2.24, 2.45) is 0 Å². The Hall–Kier alpha value is -2.13. The number of nitrogens with zero attached hydrogens (tertiary/aromatic N) is 1. The van der Waals surface area contributed by atoms with Crippen molar-refractivity contribution >= 4 is 27.8 Å². The van der Waals surface area contributed by atoms with E-state index in [0.29, 0.717) is 17.8 Å². The van der Waals surface area contributed by atoms with Gasteiger partial charge in [0.2, 0.25) is 0 Å². The molecule has 0 spiro atoms. The molecule has 0 aliphatic rings. The van der Waals surface area contributed by atoms with Crippen LogP contribution in [0.4, 0.5) is 5.69 Å². The molecule has 1 aromatic carbocycles. The summed E-state index contributed by atoms with van der Waals surface area (Å²) >= 11 is 0. The fourth-order valence-corrected chi connectivity index (χ4v) is 2.40. The predicted octanol–water partition coefficient (Wildman–Crippen LogP) is 0.499. The summed E-state index contributed by atoms with van der Waals surface area (Å²) in [6.07, 6.45) is -0.160. The Morgan fingerprint density at radius 3 is 2.32 bits per heavy atom. The van der Waals surface area contributed by atoms with Gasteiger partial charge < -0.3 is 10.4 Å². The van der Waals surface area contributed by atoms with E-state index in [9.17, 15) is 18.0 Å². The van der Waals surface area contributed by atoms with Gasteiger partial charge in [-0.3, -0.25) is 14.3 Å². The Morgan fingerprint density at radius 2 is 1.82 bits per heavy atom. The molecule has 1 amide bonds. The Morgan fingerprint density at radius 1 is 1.23 bits per heavy atom. The van der Waals surface area contributed by atoms with Crippen LogP contribution in [-0.4, -0.2) is 49.8 Å². The molecule has 0 aliphatic heterocycles. The fraction of sp³-hybridized carbons (Fsp3) is 0.385. The van der Waals surface area contributed by atoms with Crippen molar-refractivity contribution < 1.29 is 23.1 Å². The van der Waals surface area contributed by atoms with Gasteiger partial charge in [0, 0.05) is 31.4 Å². The zero-order valence-corrected chi connectivity index (χ0v) is 13.2. The molecule has 9 heteroatoms. The zero-order chi connectivity index (χ0) is 16.8. The van der Waals surface area contributed by atoms with Gasteiger partial charge in [-0.25, -0.2) is 0 Å². The third kappa shape index (κ3) is 5.34. The molecule has 0 aliphatic carbocycles. The Labute approximate surface area is 129 Å². The summed E-state index contributed by atoms with van der Waals surface area (Å²) in [5.41, 5.74) is 0.652. The molecule has 0 radical (unpaired) electrons. The van der Waals surface area contributed by atoms with Gasteiger partial charge in [0.1, 0.15) is 0 Å². The van der Waals surface area contributed by atoms with Crippen LogP contribution < -0.4 is 10.0 Å². The van der Waals surface area contributed by atoms with Gasteiger partial charge in [0.25, 0.3) is 5.91 Å². The lowest BCUT2D eigenvalue weighted by Crippen LogP contribution is -2.32. The van der Waals surface area contributed by atoms with E-state index in [1.54, 1.807) is 6.92 Å². The maximum Gasteiger partial charge on any atom is 0.305 e. The van der Waals surface area contributed by atoms with Crippen LogP contribution in [0.15, 0.2) is 24.3 Å². The van der Waals surface area contributed by atoms with Crippen molar-refractivity contribution in [2.45, 2.75) is 13.3 Å². The summed E-state index contributed by atoms with van der Waals surface area (Å²) in [7, 11) is -2.15. The Kier molecular flexibility index (Phi) is 6.32. The van der Waals surface area contributed by atoms with E-state index in [1.165, 1.54) is 31.3 Å². The number of carbonyl (C=O) groups is 2. The van der Waals surface area contributed by atoms with E-state index in [-0.39, 0.29) is 13.0 Å². The van der Waals surface area contributed by atoms with Crippen molar-refractivity contribution in [1.82, 2.24) is 9.62 Å². The SMILES string of the molecule is CCN(C)S(=O)(=O)Nc1ccc(C(=O)NCCC(=O)O)cc1. The number of hydrogen-bond donors (Lipinski definition) is 3. The van der Waals surface area contributed by atoms with Crippen LogP contribution in [0.25, 0.3) is 0 Å². The smallest absolute Gasteiger partial charge is 0.305 e. The van der Waals surface area contributed by atoms with Crippen molar-refractivity contribution in [2.75, 3.05) is 24.9 Å². The number of aliphatic carboxylic acids is 1. The second kappa shape index (κ2) is 7.76. The van der Waals surface area contributed by atoms with Gasteiger partial charge >= 0.3 is 16.2 Å². The summed E-state index contributed by atoms with van der Waals surface area (Å²) in [5, 5.41) is 10.9. The number of amides is 1. The molecule has 8 nitrogen and oxygen atoms in total. The van der Waals surface area contributed by atoms with E-state index in [2.05, 4.69) is 10.0 Å². The number of carboxylic acids is 1. The van der Waals surface area contributed by atoms with Crippen molar-refractivity contribution in [3.05, 3.63) is 29.8 Å². The zero-order valence-electron chi connectivity index (χ0n) is 12.4. The van der Waals surface area contributed by atoms with Crippen LogP contribution in [0.5, 0.6) is 0 Å². The Balaban J connectivity index is 2.67. The number of benzene rings is 1. The average molecular weight is 329 g/mol. The first kappa shape index (κ1) is 17.9. The largest absolute Gasteiger partial charge is 0.481 e. The predicted molar refractivity (Wildman–Crippen MR) is 81.9 cm³/mol. The number of rotatable bonds is 8. The molecule has 0 fully saturated rings. The molecule has 22 heavy (non-hydrogen) atoms. The van der Waals surface area contributed by atoms with Gasteiger partial charge in [-0.05, 0) is 24.3 Å². The van der Waals surface area contributed by atoms with E-state index >= 15 is 0 Å². The lowest BCUT2D eigenvalue weighted by atomic mass is 10.2. The number of hydrogen-bond acceptors (Lipinski definition) is 4. The molecule has 3 N–H and O–H groups in total. The molecular formula is C13H19N3O5S. The molecule has 0 saturated carbocycles. The maximum atomic E-state index is 11.8. The van der Waals surface area contributed by atoms with E-state index in [1.807, 2.05) is 0 Å². The lowest BCUT2D eigenvalue weighted by Gasteiger charge is -2.16. The van der Waals surface area contributed by atoms with Crippen LogP contribution in [0.1, 0.15) is 23.7 Å². The van der Waals surface area contributed by atoms with Gasteiger partial charge in [-0.15, -0.1) is 0 Å². The lowest BCUT2D eigenvalue weighted by molar-refractivity contribution is -0.136. The molecule has 1 aromatic rings. The highest BCUT2D eigenvalue weighted by Crippen LogP contribution is 2.12. The highest BCUT2D eigenvalue weighted by atomic mass is 32.2. The van der Waals surface area contributed by atoms with Gasteiger partial charge in [0.05, 0.1) is 6.42 Å². The van der Waals surface area contributed by atoms with Crippen LogP contribution in [-0.2, 0) is 15.0 Å². The average Bonchev–Trinajstić information content (AvgIpc) is 2.46. The molecule has 0 unspecified atom stereocenters. The molecule has 1 rings (SSSR count). The van der Waals surface area contributed by atoms with Crippen LogP contribution in [0.2, 0.25) is 0 Å². The highest BCUT2D eigenvalue weighted by molar-refractivity contribution is 7.90. The first-order chi connectivity index (χ1) is 10.3. The number of anilines is 1. The summed E-state index contributed by atoms with van der Waals surface area (Å²) in [5.74, 6) is -1.41. The summed E-state index contributed by atoms with van der Waals surface area (Å²) < 4.78 is 27.2. The van der Waals surface area contributed by atoms with Crippen LogP contribution >= 0.6 is 0 Å². The molecule has 0 saturated heterocycles. The van der Waals surface area contributed by atoms with Crippen LogP contribution in [0.3, 0.4) is 0 Å². The Bertz CT molecular complexity index is 628. The summed E-state index contributed by atoms with van der Waals surface area (Å²) in [6.45, 7) is 2.08. The van der Waals surface area contributed by atoms with Crippen molar-refractivity contribution in [3.63, 3.8) is 0 Å². The first-order valence-corrected chi connectivity index (χ1v) is 8.04. The maximum absolute atomic E-state index is 11.8. The van der Waals surface area contributed by atoms with E-state index < -0.39 is 22.1 Å². The molecule has 0 heterocycles.